The molecule has 0 saturated carbocycles. The predicted molar refractivity (Wildman–Crippen MR) is 246 cm³/mol. The second-order valence-electron chi connectivity index (χ2n) is 18.6. The van der Waals surface area contributed by atoms with Gasteiger partial charge in [-0.05, 0) is 46.1 Å². The summed E-state index contributed by atoms with van der Waals surface area (Å²) in [6.45, 7) is 33.8. The summed E-state index contributed by atoms with van der Waals surface area (Å²) < 4.78 is 24.0. The number of para-hydroxylation sites is 1. The molecule has 0 amide bonds. The van der Waals surface area contributed by atoms with Gasteiger partial charge < -0.3 is 13.6 Å². The van der Waals surface area contributed by atoms with E-state index in [1.807, 2.05) is 29.0 Å². The van der Waals surface area contributed by atoms with Crippen LogP contribution in [0.5, 0.6) is 0 Å². The van der Waals surface area contributed by atoms with Crippen molar-refractivity contribution in [2.75, 3.05) is 0 Å². The van der Waals surface area contributed by atoms with Crippen molar-refractivity contribution in [2.24, 2.45) is 5.92 Å². The molecule has 0 spiro atoms. The standard InChI is InChI=1S/C30H27FNO.C23H34NSi.Ir/c1-18(2)20(4)22-15-16-32(5)27(17-22)28-19(3)9-14-26-25-8-6-7-24(29(25)33-30(26)28)21-10-12-23(31)13-11-21;1-16(2)19-14-21(24(7)15-22(19)25(8,9)10)20-13-18(23(4,5)6)12-11-17(20)3;/h6-18,20H,3,5H2,1-2,4H3;11-16H,3,7H2,1-2,4-6,8-10H3;/q2*-1;. The molecule has 4 aromatic carbocycles. The summed E-state index contributed by atoms with van der Waals surface area (Å²) in [4.78, 5) is 0. The number of furan rings is 1. The van der Waals surface area contributed by atoms with Crippen LogP contribution in [0, 0.1) is 39.7 Å². The summed E-state index contributed by atoms with van der Waals surface area (Å²) in [5.41, 5.74) is 13.8. The van der Waals surface area contributed by atoms with E-state index in [2.05, 4.69) is 162 Å². The maximum Gasteiger partial charge on any atom is 0.141 e. The van der Waals surface area contributed by atoms with Gasteiger partial charge in [-0.3, -0.25) is 0 Å². The third-order valence-corrected chi connectivity index (χ3v) is 13.7. The molecule has 0 N–H and O–H groups in total. The Kier molecular flexibility index (Phi) is 13.4. The zero-order valence-corrected chi connectivity index (χ0v) is 40.3. The molecule has 311 valence electrons. The van der Waals surface area contributed by atoms with E-state index >= 15 is 0 Å². The van der Waals surface area contributed by atoms with E-state index < -0.39 is 8.07 Å². The van der Waals surface area contributed by atoms with E-state index in [-0.39, 0.29) is 31.3 Å². The molecule has 1 radical (unpaired) electrons. The molecular weight excluding hydrogens is 920 g/mol. The Hall–Kier alpha value is -4.74. The van der Waals surface area contributed by atoms with Crippen LogP contribution in [0.1, 0.15) is 95.0 Å². The Morgan fingerprint density at radius 3 is 1.95 bits per heavy atom. The smallest absolute Gasteiger partial charge is 0.141 e. The van der Waals surface area contributed by atoms with Crippen LogP contribution in [-0.4, -0.2) is 8.07 Å². The summed E-state index contributed by atoms with van der Waals surface area (Å²) in [6, 6.07) is 30.0. The molecule has 59 heavy (non-hydrogen) atoms. The van der Waals surface area contributed by atoms with E-state index in [9.17, 15) is 4.39 Å². The van der Waals surface area contributed by atoms with Gasteiger partial charge in [0.15, 0.2) is 0 Å². The number of nitrogens with zero attached hydrogens (tertiary/aromatic N) is 2. The Balaban J connectivity index is 0.000000230. The van der Waals surface area contributed by atoms with Gasteiger partial charge in [-0.1, -0.05) is 146 Å². The third-order valence-electron chi connectivity index (χ3n) is 11.6. The van der Waals surface area contributed by atoms with E-state index in [1.54, 1.807) is 12.1 Å². The molecule has 6 heteroatoms. The minimum atomic E-state index is -1.43. The van der Waals surface area contributed by atoms with Crippen LogP contribution in [0.4, 0.5) is 4.39 Å². The number of hydrogen-bond donors (Lipinski definition) is 0. The summed E-state index contributed by atoms with van der Waals surface area (Å²) in [5.74, 6) is 1.19. The number of fused-ring (bicyclic) bond motifs is 3. The van der Waals surface area contributed by atoms with E-state index in [1.165, 1.54) is 39.6 Å². The second kappa shape index (κ2) is 17.5. The predicted octanol–water partition coefficient (Wildman–Crippen LogP) is 13.4. The van der Waals surface area contributed by atoms with Crippen molar-refractivity contribution in [3.63, 3.8) is 0 Å². The van der Waals surface area contributed by atoms with Gasteiger partial charge in [0, 0.05) is 50.5 Å². The molecule has 3 nitrogen and oxygen atoms in total. The van der Waals surface area contributed by atoms with Crippen LogP contribution in [0.15, 0.2) is 108 Å². The largest absolute Gasteiger partial charge is 0.469 e. The van der Waals surface area contributed by atoms with Gasteiger partial charge in [0.2, 0.25) is 0 Å². The van der Waals surface area contributed by atoms with Crippen LogP contribution in [-0.2, 0) is 25.5 Å². The van der Waals surface area contributed by atoms with Crippen LogP contribution < -0.4 is 14.3 Å². The number of pyridine rings is 2. The Labute approximate surface area is 368 Å². The van der Waals surface area contributed by atoms with Crippen LogP contribution in [0.3, 0.4) is 0 Å². The minimum Gasteiger partial charge on any atom is -0.469 e. The fraction of sp³-hybridized carbons (Fsp3) is 0.283. The monoisotopic (exact) mass is 981 g/mol. The van der Waals surface area contributed by atoms with Gasteiger partial charge in [-0.25, -0.2) is 4.39 Å². The number of rotatable bonds is 7. The van der Waals surface area contributed by atoms with Crippen LogP contribution >= 0.6 is 0 Å². The van der Waals surface area contributed by atoms with Crippen molar-refractivity contribution in [2.45, 2.75) is 92.3 Å². The first kappa shape index (κ1) is 45.3. The molecule has 1 unspecified atom stereocenters. The summed E-state index contributed by atoms with van der Waals surface area (Å²) in [6.07, 6.45) is 4.27. The molecule has 7 aromatic rings. The van der Waals surface area contributed by atoms with Crippen molar-refractivity contribution in [3.05, 3.63) is 165 Å². The summed E-state index contributed by atoms with van der Waals surface area (Å²) in [5, 5.41) is 3.55. The fourth-order valence-electron chi connectivity index (χ4n) is 7.70. The molecule has 3 aromatic heterocycles. The van der Waals surface area contributed by atoms with E-state index in [0.29, 0.717) is 17.8 Å². The molecule has 0 aliphatic heterocycles. The number of halogens is 1. The maximum absolute atomic E-state index is 13.5. The second-order valence-corrected chi connectivity index (χ2v) is 23.7. The molecule has 0 aliphatic rings. The molecule has 3 heterocycles. The third kappa shape index (κ3) is 9.36. The Bertz CT molecular complexity index is 2610. The Morgan fingerprint density at radius 1 is 0.695 bits per heavy atom. The SMILES string of the molecule is [CH2-]c1ccc(C(C)(C)C)cc1-c1cc(C(C)C)c([Si](C)(C)C)c[n+]1[CH2-].[CH2-]c1ccc2c(oc3c(-c4ccc(F)cc4)cccc32)c1-c1cc(C(C)C(C)C)cc[n+]1[CH2-].[Ir]. The van der Waals surface area contributed by atoms with Gasteiger partial charge in [0.25, 0.3) is 0 Å². The molecule has 0 fully saturated rings. The first-order chi connectivity index (χ1) is 27.2. The topological polar surface area (TPSA) is 20.9 Å². The summed E-state index contributed by atoms with van der Waals surface area (Å²) >= 11 is 0. The van der Waals surface area contributed by atoms with Crippen molar-refractivity contribution in [1.82, 2.24) is 0 Å². The average Bonchev–Trinajstić information content (AvgIpc) is 3.53. The molecule has 7 rings (SSSR count). The first-order valence-electron chi connectivity index (χ1n) is 20.5. The number of hydrogen-bond acceptors (Lipinski definition) is 1. The summed E-state index contributed by atoms with van der Waals surface area (Å²) in [7, 11) is 7.12. The van der Waals surface area contributed by atoms with Crippen molar-refractivity contribution < 1.29 is 38.0 Å². The first-order valence-corrected chi connectivity index (χ1v) is 24.0. The zero-order chi connectivity index (χ0) is 42.4. The van der Waals surface area contributed by atoms with Gasteiger partial charge in [0.1, 0.15) is 11.4 Å². The zero-order valence-electron chi connectivity index (χ0n) is 36.9. The molecule has 0 bridgehead atoms. The molecular formula is C53H61FIrN2OSi-2. The quantitative estimate of drug-likeness (QED) is 0.0886. The normalized spacial score (nSPS) is 12.4. The maximum atomic E-state index is 13.5. The number of benzene rings is 4. The van der Waals surface area contributed by atoms with Crippen LogP contribution in [0.25, 0.3) is 55.6 Å². The minimum absolute atomic E-state index is 0. The van der Waals surface area contributed by atoms with E-state index in [0.717, 1.165) is 61.1 Å². The molecule has 0 saturated heterocycles. The van der Waals surface area contributed by atoms with Crippen LogP contribution in [0.2, 0.25) is 19.6 Å². The van der Waals surface area contributed by atoms with Gasteiger partial charge >= 0.3 is 0 Å². The van der Waals surface area contributed by atoms with Crippen molar-refractivity contribution in [1.29, 1.82) is 0 Å². The van der Waals surface area contributed by atoms with Gasteiger partial charge in [-0.15, -0.1) is 23.8 Å². The Morgan fingerprint density at radius 2 is 1.34 bits per heavy atom. The molecule has 1 atom stereocenters. The van der Waals surface area contributed by atoms with E-state index in [4.69, 9.17) is 4.42 Å². The average molecular weight is 981 g/mol. The van der Waals surface area contributed by atoms with Gasteiger partial charge in [-0.2, -0.15) is 37.1 Å². The molecule has 0 aliphatic carbocycles. The fourth-order valence-corrected chi connectivity index (χ4v) is 9.47. The number of aromatic nitrogens is 2. The van der Waals surface area contributed by atoms with Gasteiger partial charge in [0.05, 0.1) is 37.4 Å². The van der Waals surface area contributed by atoms with Crippen molar-refractivity contribution in [3.8, 4) is 33.6 Å². The van der Waals surface area contributed by atoms with Crippen molar-refractivity contribution >= 4 is 35.2 Å².